The maximum Gasteiger partial charge on any atom is 0.248 e. The van der Waals surface area contributed by atoms with Gasteiger partial charge in [-0.2, -0.15) is 0 Å². The fraction of sp³-hybridized carbons (Fsp3) is 0.0833. The molecule has 4 aromatic rings. The van der Waals surface area contributed by atoms with Gasteiger partial charge in [-0.15, -0.1) is 0 Å². The highest BCUT2D eigenvalue weighted by Crippen LogP contribution is 2.33. The summed E-state index contributed by atoms with van der Waals surface area (Å²) in [6.07, 6.45) is 2.97. The van der Waals surface area contributed by atoms with E-state index < -0.39 is 0 Å². The lowest BCUT2D eigenvalue weighted by molar-refractivity contribution is -0.111. The van der Waals surface area contributed by atoms with Crippen molar-refractivity contribution < 1.29 is 18.7 Å². The monoisotopic (exact) mass is 468 g/mol. The number of amides is 1. The summed E-state index contributed by atoms with van der Waals surface area (Å²) in [5.41, 5.74) is 3.24. The van der Waals surface area contributed by atoms with Gasteiger partial charge in [-0.05, 0) is 48.5 Å². The van der Waals surface area contributed by atoms with Crippen LogP contribution in [0.4, 0.5) is 5.69 Å². The van der Waals surface area contributed by atoms with Crippen molar-refractivity contribution in [3.63, 3.8) is 0 Å². The van der Waals surface area contributed by atoms with Crippen LogP contribution in [0.1, 0.15) is 5.56 Å². The molecule has 1 heterocycles. The van der Waals surface area contributed by atoms with Crippen molar-refractivity contribution in [3.8, 4) is 23.0 Å². The molecule has 0 saturated heterocycles. The molecule has 0 aliphatic carbocycles. The van der Waals surface area contributed by atoms with E-state index in [0.29, 0.717) is 49.8 Å². The summed E-state index contributed by atoms with van der Waals surface area (Å²) < 4.78 is 16.3. The molecule has 4 rings (SSSR count). The minimum atomic E-state index is -0.331. The Balaban J connectivity index is 1.53. The number of aromatic nitrogens is 1. The highest BCUT2D eigenvalue weighted by molar-refractivity contribution is 6.36. The number of anilines is 1. The first-order valence-electron chi connectivity index (χ1n) is 9.54. The van der Waals surface area contributed by atoms with Crippen molar-refractivity contribution in [1.29, 1.82) is 0 Å². The maximum atomic E-state index is 12.5. The van der Waals surface area contributed by atoms with Gasteiger partial charge in [0.15, 0.2) is 5.58 Å². The van der Waals surface area contributed by atoms with E-state index in [1.165, 1.54) is 13.2 Å². The Bertz CT molecular complexity index is 1330. The van der Waals surface area contributed by atoms with Crippen LogP contribution in [0.25, 0.3) is 28.6 Å². The number of methoxy groups -OCH3 is 2. The molecule has 8 heteroatoms. The first-order valence-corrected chi connectivity index (χ1v) is 10.3. The van der Waals surface area contributed by atoms with Crippen molar-refractivity contribution in [2.24, 2.45) is 0 Å². The van der Waals surface area contributed by atoms with Gasteiger partial charge >= 0.3 is 0 Å². The zero-order chi connectivity index (χ0) is 22.7. The smallest absolute Gasteiger partial charge is 0.248 e. The van der Waals surface area contributed by atoms with Crippen LogP contribution in [0.3, 0.4) is 0 Å². The molecule has 0 spiro atoms. The lowest BCUT2D eigenvalue weighted by Gasteiger charge is -2.08. The number of rotatable bonds is 6. The third kappa shape index (κ3) is 4.72. The molecule has 0 aliphatic heterocycles. The van der Waals surface area contributed by atoms with Gasteiger partial charge in [0, 0.05) is 34.0 Å². The SMILES string of the molecule is COc1ccc2oc(-c3cccc(NC(=O)C=Cc4cc(Cl)cc(Cl)c4OC)c3)nc2c1. The Morgan fingerprint density at radius 3 is 2.69 bits per heavy atom. The fourth-order valence-corrected chi connectivity index (χ4v) is 3.74. The fourth-order valence-electron chi connectivity index (χ4n) is 3.16. The van der Waals surface area contributed by atoms with E-state index in [1.54, 1.807) is 49.6 Å². The van der Waals surface area contributed by atoms with Crippen LogP contribution in [0.15, 0.2) is 65.1 Å². The topological polar surface area (TPSA) is 73.6 Å². The zero-order valence-electron chi connectivity index (χ0n) is 17.2. The first-order chi connectivity index (χ1) is 15.5. The van der Waals surface area contributed by atoms with E-state index >= 15 is 0 Å². The van der Waals surface area contributed by atoms with Crippen LogP contribution >= 0.6 is 23.2 Å². The summed E-state index contributed by atoms with van der Waals surface area (Å²) in [6.45, 7) is 0. The van der Waals surface area contributed by atoms with Gasteiger partial charge in [-0.25, -0.2) is 4.98 Å². The summed E-state index contributed by atoms with van der Waals surface area (Å²) in [5, 5.41) is 3.63. The Hall–Kier alpha value is -3.48. The standard InChI is InChI=1S/C24H18Cl2N2O4/c1-30-18-7-8-21-20(13-18)28-24(32-21)15-4-3-5-17(11-15)27-22(29)9-6-14-10-16(25)12-19(26)23(14)31-2/h3-13H,1-2H3,(H,27,29). The second-order valence-corrected chi connectivity index (χ2v) is 7.61. The Morgan fingerprint density at radius 1 is 1.06 bits per heavy atom. The summed E-state index contributed by atoms with van der Waals surface area (Å²) >= 11 is 12.2. The molecule has 6 nitrogen and oxygen atoms in total. The third-order valence-electron chi connectivity index (χ3n) is 4.63. The molecule has 0 bridgehead atoms. The molecule has 0 unspecified atom stereocenters. The highest BCUT2D eigenvalue weighted by Gasteiger charge is 2.11. The van der Waals surface area contributed by atoms with E-state index in [-0.39, 0.29) is 5.91 Å². The van der Waals surface area contributed by atoms with Crippen LogP contribution in [0, 0.1) is 0 Å². The van der Waals surface area contributed by atoms with Crippen LogP contribution < -0.4 is 14.8 Å². The van der Waals surface area contributed by atoms with Crippen LogP contribution in [-0.2, 0) is 4.79 Å². The molecule has 0 fully saturated rings. The molecule has 162 valence electrons. The number of benzene rings is 3. The summed E-state index contributed by atoms with van der Waals surface area (Å²) in [7, 11) is 3.10. The zero-order valence-corrected chi connectivity index (χ0v) is 18.7. The van der Waals surface area contributed by atoms with Crippen LogP contribution in [0.5, 0.6) is 11.5 Å². The van der Waals surface area contributed by atoms with Gasteiger partial charge < -0.3 is 19.2 Å². The number of nitrogens with zero attached hydrogens (tertiary/aromatic N) is 1. The minimum absolute atomic E-state index is 0.331. The Kier molecular flexibility index (Phi) is 6.35. The summed E-state index contributed by atoms with van der Waals surface area (Å²) in [6, 6.07) is 15.9. The second kappa shape index (κ2) is 9.34. The molecule has 0 aliphatic rings. The third-order valence-corrected chi connectivity index (χ3v) is 5.13. The molecular formula is C24H18Cl2N2O4. The predicted octanol–water partition coefficient (Wildman–Crippen LogP) is 6.47. The average molecular weight is 469 g/mol. The molecule has 32 heavy (non-hydrogen) atoms. The second-order valence-electron chi connectivity index (χ2n) is 6.77. The molecule has 0 atom stereocenters. The average Bonchev–Trinajstić information content (AvgIpc) is 3.21. The lowest BCUT2D eigenvalue weighted by atomic mass is 10.1. The largest absolute Gasteiger partial charge is 0.497 e. The van der Waals surface area contributed by atoms with E-state index in [1.807, 2.05) is 18.2 Å². The van der Waals surface area contributed by atoms with Crippen molar-refractivity contribution in [2.45, 2.75) is 0 Å². The van der Waals surface area contributed by atoms with Crippen molar-refractivity contribution >= 4 is 52.0 Å². The van der Waals surface area contributed by atoms with Gasteiger partial charge in [0.1, 0.15) is 17.0 Å². The van der Waals surface area contributed by atoms with Crippen molar-refractivity contribution in [1.82, 2.24) is 4.98 Å². The van der Waals surface area contributed by atoms with Crippen LogP contribution in [0.2, 0.25) is 10.0 Å². The number of hydrogen-bond donors (Lipinski definition) is 1. The normalized spacial score (nSPS) is 11.1. The van der Waals surface area contributed by atoms with Crippen molar-refractivity contribution in [2.75, 3.05) is 19.5 Å². The number of carbonyl (C=O) groups excluding carboxylic acids is 1. The molecule has 3 aromatic carbocycles. The first kappa shape index (κ1) is 21.7. The molecular weight excluding hydrogens is 451 g/mol. The Labute approximate surface area is 194 Å². The van der Waals surface area contributed by atoms with Gasteiger partial charge in [0.2, 0.25) is 11.8 Å². The molecule has 0 saturated carbocycles. The van der Waals surface area contributed by atoms with Crippen LogP contribution in [-0.4, -0.2) is 25.1 Å². The van der Waals surface area contributed by atoms with E-state index in [0.717, 1.165) is 5.56 Å². The lowest BCUT2D eigenvalue weighted by Crippen LogP contribution is -2.07. The number of carbonyl (C=O) groups is 1. The van der Waals surface area contributed by atoms with Gasteiger partial charge in [0.05, 0.1) is 19.2 Å². The number of hydrogen-bond acceptors (Lipinski definition) is 5. The maximum absolute atomic E-state index is 12.5. The van der Waals surface area contributed by atoms with E-state index in [9.17, 15) is 4.79 Å². The van der Waals surface area contributed by atoms with E-state index in [2.05, 4.69) is 10.3 Å². The quantitative estimate of drug-likeness (QED) is 0.328. The summed E-state index contributed by atoms with van der Waals surface area (Å²) in [4.78, 5) is 17.0. The molecule has 1 amide bonds. The number of nitrogens with one attached hydrogen (secondary N) is 1. The summed E-state index contributed by atoms with van der Waals surface area (Å²) in [5.74, 6) is 1.25. The molecule has 1 N–H and O–H groups in total. The van der Waals surface area contributed by atoms with Gasteiger partial charge in [0.25, 0.3) is 0 Å². The van der Waals surface area contributed by atoms with Crippen molar-refractivity contribution in [3.05, 3.63) is 76.3 Å². The molecule has 1 aromatic heterocycles. The number of fused-ring (bicyclic) bond motifs is 1. The number of ether oxygens (including phenoxy) is 2. The highest BCUT2D eigenvalue weighted by atomic mass is 35.5. The predicted molar refractivity (Wildman–Crippen MR) is 127 cm³/mol. The minimum Gasteiger partial charge on any atom is -0.497 e. The van der Waals surface area contributed by atoms with E-state index in [4.69, 9.17) is 37.1 Å². The van der Waals surface area contributed by atoms with Gasteiger partial charge in [-0.1, -0.05) is 29.3 Å². The molecule has 0 radical (unpaired) electrons. The van der Waals surface area contributed by atoms with Gasteiger partial charge in [-0.3, -0.25) is 4.79 Å². The number of halogens is 2. The Morgan fingerprint density at radius 2 is 1.91 bits per heavy atom. The number of oxazole rings is 1.